The largest absolute Gasteiger partial charge is 0.443 e. The van der Waals surface area contributed by atoms with Crippen LogP contribution in [-0.2, 0) is 18.9 Å². The van der Waals surface area contributed by atoms with Crippen molar-refractivity contribution in [3.8, 4) is 0 Å². The summed E-state index contributed by atoms with van der Waals surface area (Å²) in [4.78, 5) is 0. The number of rotatable bonds is 9. The molecule has 0 spiro atoms. The molecule has 0 aromatic heterocycles. The fraction of sp³-hybridized carbons (Fsp3) is 0.727. The zero-order valence-corrected chi connectivity index (χ0v) is 9.88. The Kier molecular flexibility index (Phi) is 7.38. The standard InChI is InChI=1S/C11H21O4/c1-6-12-9-11(13-7-2,14-8-3)15-10(4)5/h1,4,6-9H2,2-3,5H3. The third-order valence-corrected chi connectivity index (χ3v) is 1.48. The summed E-state index contributed by atoms with van der Waals surface area (Å²) in [6, 6.07) is 0. The maximum atomic E-state index is 5.43. The van der Waals surface area contributed by atoms with Gasteiger partial charge in [-0.1, -0.05) is 6.58 Å². The summed E-state index contributed by atoms with van der Waals surface area (Å²) in [5.41, 5.74) is 0. The number of ether oxygens (including phenoxy) is 4. The van der Waals surface area contributed by atoms with Crippen molar-refractivity contribution < 1.29 is 18.9 Å². The molecule has 0 saturated heterocycles. The Balaban J connectivity index is 4.47. The first-order valence-corrected chi connectivity index (χ1v) is 5.09. The summed E-state index contributed by atoms with van der Waals surface area (Å²) in [5, 5.41) is 0. The number of hydrogen-bond acceptors (Lipinski definition) is 4. The molecule has 0 heterocycles. The van der Waals surface area contributed by atoms with Crippen molar-refractivity contribution >= 4 is 0 Å². The van der Waals surface area contributed by atoms with Crippen LogP contribution < -0.4 is 0 Å². The molecule has 0 aliphatic carbocycles. The lowest BCUT2D eigenvalue weighted by molar-refractivity contribution is -0.378. The first-order valence-electron chi connectivity index (χ1n) is 5.09. The van der Waals surface area contributed by atoms with Gasteiger partial charge in [-0.3, -0.25) is 0 Å². The summed E-state index contributed by atoms with van der Waals surface area (Å²) >= 11 is 0. The third-order valence-electron chi connectivity index (χ3n) is 1.48. The highest BCUT2D eigenvalue weighted by Gasteiger charge is 2.34. The molecule has 4 nitrogen and oxygen atoms in total. The third kappa shape index (κ3) is 5.77. The minimum atomic E-state index is -1.19. The Bertz CT molecular complexity index is 173. The fourth-order valence-corrected chi connectivity index (χ4v) is 1.12. The molecule has 0 amide bonds. The van der Waals surface area contributed by atoms with E-state index in [0.29, 0.717) is 25.6 Å². The number of hydrogen-bond donors (Lipinski definition) is 0. The molecule has 0 aliphatic rings. The van der Waals surface area contributed by atoms with Crippen molar-refractivity contribution in [1.82, 2.24) is 0 Å². The molecule has 0 aromatic carbocycles. The highest BCUT2D eigenvalue weighted by molar-refractivity contribution is 4.77. The van der Waals surface area contributed by atoms with Crippen LogP contribution in [0.15, 0.2) is 12.3 Å². The number of allylic oxidation sites excluding steroid dienone is 1. The van der Waals surface area contributed by atoms with Gasteiger partial charge in [-0.15, -0.1) is 0 Å². The van der Waals surface area contributed by atoms with E-state index in [1.165, 1.54) is 0 Å². The van der Waals surface area contributed by atoms with E-state index in [0.717, 1.165) is 0 Å². The minimum Gasteiger partial charge on any atom is -0.443 e. The Labute approximate surface area is 92.2 Å². The molecule has 0 bridgehead atoms. The zero-order chi connectivity index (χ0) is 11.7. The Morgan fingerprint density at radius 3 is 2.07 bits per heavy atom. The van der Waals surface area contributed by atoms with Crippen molar-refractivity contribution in [2.75, 3.05) is 26.4 Å². The highest BCUT2D eigenvalue weighted by Crippen LogP contribution is 2.19. The lowest BCUT2D eigenvalue weighted by Crippen LogP contribution is -2.43. The molecule has 0 rings (SSSR count). The summed E-state index contributed by atoms with van der Waals surface area (Å²) in [5.74, 6) is -0.669. The molecule has 15 heavy (non-hydrogen) atoms. The SMILES string of the molecule is [CH2]COCC(OCC)(OCC)OC(=C)C. The first kappa shape index (κ1) is 14.4. The van der Waals surface area contributed by atoms with E-state index in [9.17, 15) is 0 Å². The van der Waals surface area contributed by atoms with E-state index in [-0.39, 0.29) is 6.61 Å². The summed E-state index contributed by atoms with van der Waals surface area (Å²) < 4.78 is 21.5. The lowest BCUT2D eigenvalue weighted by atomic mass is 10.5. The molecule has 0 N–H and O–H groups in total. The molecule has 4 heteroatoms. The van der Waals surface area contributed by atoms with Gasteiger partial charge >= 0.3 is 5.97 Å². The zero-order valence-electron chi connectivity index (χ0n) is 9.88. The van der Waals surface area contributed by atoms with Gasteiger partial charge < -0.3 is 18.9 Å². The highest BCUT2D eigenvalue weighted by atomic mass is 16.9. The van der Waals surface area contributed by atoms with E-state index >= 15 is 0 Å². The van der Waals surface area contributed by atoms with E-state index < -0.39 is 5.97 Å². The van der Waals surface area contributed by atoms with Crippen LogP contribution in [0.4, 0.5) is 0 Å². The fourth-order valence-electron chi connectivity index (χ4n) is 1.12. The van der Waals surface area contributed by atoms with Gasteiger partial charge in [0.15, 0.2) is 0 Å². The molecule has 0 saturated carbocycles. The van der Waals surface area contributed by atoms with Crippen molar-refractivity contribution in [3.05, 3.63) is 19.3 Å². The molecule has 89 valence electrons. The quantitative estimate of drug-likeness (QED) is 0.438. The second-order valence-corrected chi connectivity index (χ2v) is 2.91. The van der Waals surface area contributed by atoms with Gasteiger partial charge in [-0.25, -0.2) is 0 Å². The van der Waals surface area contributed by atoms with E-state index in [4.69, 9.17) is 18.9 Å². The maximum Gasteiger partial charge on any atom is 0.351 e. The van der Waals surface area contributed by atoms with Gasteiger partial charge in [0.25, 0.3) is 0 Å². The molecule has 0 fully saturated rings. The molecule has 0 aromatic rings. The average Bonchev–Trinajstić information content (AvgIpc) is 2.14. The molecule has 1 radical (unpaired) electrons. The predicted molar refractivity (Wildman–Crippen MR) is 58.1 cm³/mol. The first-order chi connectivity index (χ1) is 7.10. The van der Waals surface area contributed by atoms with Crippen LogP contribution in [0, 0.1) is 6.92 Å². The molecule has 0 unspecified atom stereocenters. The van der Waals surface area contributed by atoms with Gasteiger partial charge in [-0.05, 0) is 27.7 Å². The van der Waals surface area contributed by atoms with Crippen LogP contribution in [0.1, 0.15) is 20.8 Å². The lowest BCUT2D eigenvalue weighted by Gasteiger charge is -2.32. The van der Waals surface area contributed by atoms with E-state index in [1.807, 2.05) is 13.8 Å². The van der Waals surface area contributed by atoms with Gasteiger partial charge in [0.05, 0.1) is 19.0 Å². The normalized spacial score (nSPS) is 11.5. The Morgan fingerprint density at radius 2 is 1.73 bits per heavy atom. The van der Waals surface area contributed by atoms with Crippen LogP contribution in [0.5, 0.6) is 0 Å². The smallest absolute Gasteiger partial charge is 0.351 e. The van der Waals surface area contributed by atoms with Crippen LogP contribution in [-0.4, -0.2) is 32.4 Å². The summed E-state index contributed by atoms with van der Waals surface area (Å²) in [6.45, 7) is 14.1. The summed E-state index contributed by atoms with van der Waals surface area (Å²) in [6.07, 6.45) is 0. The van der Waals surface area contributed by atoms with E-state index in [1.54, 1.807) is 6.92 Å². The van der Waals surface area contributed by atoms with Crippen LogP contribution in [0.25, 0.3) is 0 Å². The van der Waals surface area contributed by atoms with Crippen molar-refractivity contribution in [3.63, 3.8) is 0 Å². The van der Waals surface area contributed by atoms with Gasteiger partial charge in [0.1, 0.15) is 6.61 Å². The van der Waals surface area contributed by atoms with Gasteiger partial charge in [-0.2, -0.15) is 0 Å². The second kappa shape index (κ2) is 7.68. The molecule has 0 aliphatic heterocycles. The topological polar surface area (TPSA) is 36.9 Å². The van der Waals surface area contributed by atoms with E-state index in [2.05, 4.69) is 13.5 Å². The monoisotopic (exact) mass is 217 g/mol. The van der Waals surface area contributed by atoms with Gasteiger partial charge in [0, 0.05) is 6.61 Å². The minimum absolute atomic E-state index is 0.172. The average molecular weight is 217 g/mol. The predicted octanol–water partition coefficient (Wildman–Crippen LogP) is 2.11. The van der Waals surface area contributed by atoms with Crippen molar-refractivity contribution in [1.29, 1.82) is 0 Å². The summed E-state index contributed by atoms with van der Waals surface area (Å²) in [7, 11) is 0. The van der Waals surface area contributed by atoms with Crippen LogP contribution in [0.2, 0.25) is 0 Å². The van der Waals surface area contributed by atoms with Crippen LogP contribution in [0.3, 0.4) is 0 Å². The molecular formula is C11H21O4. The molecule has 0 atom stereocenters. The van der Waals surface area contributed by atoms with Gasteiger partial charge in [0.2, 0.25) is 0 Å². The Hall–Kier alpha value is -0.580. The second-order valence-electron chi connectivity index (χ2n) is 2.91. The Morgan fingerprint density at radius 1 is 1.20 bits per heavy atom. The van der Waals surface area contributed by atoms with Crippen molar-refractivity contribution in [2.24, 2.45) is 0 Å². The molecular weight excluding hydrogens is 196 g/mol. The van der Waals surface area contributed by atoms with Crippen LogP contribution >= 0.6 is 0 Å². The van der Waals surface area contributed by atoms with Crippen molar-refractivity contribution in [2.45, 2.75) is 26.7 Å². The maximum absolute atomic E-state index is 5.43.